The van der Waals surface area contributed by atoms with Gasteiger partial charge in [-0.15, -0.1) is 0 Å². The van der Waals surface area contributed by atoms with Crippen molar-refractivity contribution in [2.45, 2.75) is 32.8 Å². The molecule has 1 aliphatic heterocycles. The minimum absolute atomic E-state index is 0.383. The summed E-state index contributed by atoms with van der Waals surface area (Å²) >= 11 is 0. The molecule has 2 atom stereocenters. The predicted octanol–water partition coefficient (Wildman–Crippen LogP) is 1.43. The van der Waals surface area contributed by atoms with Crippen molar-refractivity contribution < 1.29 is 9.47 Å². The number of ether oxygens (including phenoxy) is 2. The van der Waals surface area contributed by atoms with Gasteiger partial charge in [-0.05, 0) is 25.3 Å². The van der Waals surface area contributed by atoms with Gasteiger partial charge in [0.2, 0.25) is 0 Å². The molecule has 3 nitrogen and oxygen atoms in total. The third-order valence-corrected chi connectivity index (χ3v) is 2.66. The lowest BCUT2D eigenvalue weighted by Crippen LogP contribution is -2.41. The van der Waals surface area contributed by atoms with Gasteiger partial charge in [0.1, 0.15) is 0 Å². The lowest BCUT2D eigenvalue weighted by molar-refractivity contribution is -0.0264. The summed E-state index contributed by atoms with van der Waals surface area (Å²) in [5.41, 5.74) is 0. The second kappa shape index (κ2) is 7.21. The SMILES string of the molecule is CCCOCCOC1CNCCC1C. The Bertz CT molecular complexity index is 141. The first-order valence-electron chi connectivity index (χ1n) is 5.74. The van der Waals surface area contributed by atoms with Gasteiger partial charge >= 0.3 is 0 Å². The third-order valence-electron chi connectivity index (χ3n) is 2.66. The third kappa shape index (κ3) is 4.40. The van der Waals surface area contributed by atoms with Crippen LogP contribution in [0.1, 0.15) is 26.7 Å². The van der Waals surface area contributed by atoms with Gasteiger partial charge in [0.25, 0.3) is 0 Å². The van der Waals surface area contributed by atoms with Crippen LogP contribution in [0.5, 0.6) is 0 Å². The summed E-state index contributed by atoms with van der Waals surface area (Å²) in [7, 11) is 0. The fraction of sp³-hybridized carbons (Fsp3) is 1.00. The van der Waals surface area contributed by atoms with Gasteiger partial charge in [-0.3, -0.25) is 0 Å². The summed E-state index contributed by atoms with van der Waals surface area (Å²) in [4.78, 5) is 0. The Morgan fingerprint density at radius 1 is 1.29 bits per heavy atom. The first kappa shape index (κ1) is 12.0. The van der Waals surface area contributed by atoms with Crippen LogP contribution in [0.2, 0.25) is 0 Å². The van der Waals surface area contributed by atoms with E-state index in [4.69, 9.17) is 9.47 Å². The molecule has 0 saturated carbocycles. The fourth-order valence-electron chi connectivity index (χ4n) is 1.69. The van der Waals surface area contributed by atoms with E-state index in [0.29, 0.717) is 12.0 Å². The second-order valence-electron chi connectivity index (χ2n) is 3.99. The molecule has 84 valence electrons. The molecule has 0 aliphatic carbocycles. The fourth-order valence-corrected chi connectivity index (χ4v) is 1.69. The van der Waals surface area contributed by atoms with Gasteiger partial charge in [-0.1, -0.05) is 13.8 Å². The summed E-state index contributed by atoms with van der Waals surface area (Å²) in [6.07, 6.45) is 2.69. The molecule has 1 saturated heterocycles. The highest BCUT2D eigenvalue weighted by molar-refractivity contribution is 4.75. The number of hydrogen-bond donors (Lipinski definition) is 1. The van der Waals surface area contributed by atoms with Gasteiger partial charge < -0.3 is 14.8 Å². The van der Waals surface area contributed by atoms with Crippen molar-refractivity contribution in [2.24, 2.45) is 5.92 Å². The number of nitrogens with one attached hydrogen (secondary N) is 1. The zero-order valence-electron chi connectivity index (χ0n) is 9.42. The average molecular weight is 201 g/mol. The molecule has 0 radical (unpaired) electrons. The molecule has 0 amide bonds. The van der Waals surface area contributed by atoms with Crippen molar-refractivity contribution in [3.8, 4) is 0 Å². The normalized spacial score (nSPS) is 27.9. The van der Waals surface area contributed by atoms with E-state index in [-0.39, 0.29) is 0 Å². The van der Waals surface area contributed by atoms with Gasteiger partial charge in [-0.2, -0.15) is 0 Å². The second-order valence-corrected chi connectivity index (χ2v) is 3.99. The van der Waals surface area contributed by atoms with Crippen LogP contribution in [-0.2, 0) is 9.47 Å². The summed E-state index contributed by atoms with van der Waals surface area (Å²) < 4.78 is 11.1. The van der Waals surface area contributed by atoms with Crippen molar-refractivity contribution in [1.82, 2.24) is 5.32 Å². The van der Waals surface area contributed by atoms with Crippen LogP contribution in [0.3, 0.4) is 0 Å². The minimum atomic E-state index is 0.383. The average Bonchev–Trinajstić information content (AvgIpc) is 2.20. The van der Waals surface area contributed by atoms with E-state index in [9.17, 15) is 0 Å². The van der Waals surface area contributed by atoms with Crippen LogP contribution in [0, 0.1) is 5.92 Å². The maximum Gasteiger partial charge on any atom is 0.0726 e. The van der Waals surface area contributed by atoms with Crippen LogP contribution in [0.25, 0.3) is 0 Å². The van der Waals surface area contributed by atoms with Crippen molar-refractivity contribution in [3.05, 3.63) is 0 Å². The zero-order chi connectivity index (χ0) is 10.2. The quantitative estimate of drug-likeness (QED) is 0.659. The Balaban J connectivity index is 1.99. The molecule has 0 aromatic carbocycles. The molecule has 0 aromatic rings. The summed E-state index contributed by atoms with van der Waals surface area (Å²) in [5, 5.41) is 3.35. The molecule has 0 bridgehead atoms. The molecular formula is C11H23NO2. The Morgan fingerprint density at radius 3 is 2.86 bits per heavy atom. The molecule has 2 unspecified atom stereocenters. The summed E-state index contributed by atoms with van der Waals surface area (Å²) in [6.45, 7) is 8.82. The Hall–Kier alpha value is -0.120. The van der Waals surface area contributed by atoms with E-state index in [1.54, 1.807) is 0 Å². The van der Waals surface area contributed by atoms with Crippen molar-refractivity contribution >= 4 is 0 Å². The topological polar surface area (TPSA) is 30.5 Å². The summed E-state index contributed by atoms with van der Waals surface area (Å²) in [6, 6.07) is 0. The van der Waals surface area contributed by atoms with E-state index in [1.807, 2.05) is 0 Å². The zero-order valence-corrected chi connectivity index (χ0v) is 9.42. The van der Waals surface area contributed by atoms with Gasteiger partial charge in [-0.25, -0.2) is 0 Å². The van der Waals surface area contributed by atoms with Crippen LogP contribution < -0.4 is 5.32 Å². The van der Waals surface area contributed by atoms with Crippen molar-refractivity contribution in [1.29, 1.82) is 0 Å². The predicted molar refractivity (Wildman–Crippen MR) is 57.5 cm³/mol. The first-order valence-corrected chi connectivity index (χ1v) is 5.74. The van der Waals surface area contributed by atoms with Gasteiger partial charge in [0.15, 0.2) is 0 Å². The molecule has 1 fully saturated rings. The van der Waals surface area contributed by atoms with Crippen LogP contribution in [0.4, 0.5) is 0 Å². The maximum absolute atomic E-state index is 5.75. The first-order chi connectivity index (χ1) is 6.84. The molecule has 1 heterocycles. The molecule has 1 N–H and O–H groups in total. The largest absolute Gasteiger partial charge is 0.379 e. The standard InChI is InChI=1S/C11H23NO2/c1-3-6-13-7-8-14-11-9-12-5-4-10(11)2/h10-12H,3-9H2,1-2H3. The minimum Gasteiger partial charge on any atom is -0.379 e. The molecule has 14 heavy (non-hydrogen) atoms. The van der Waals surface area contributed by atoms with Gasteiger partial charge in [0.05, 0.1) is 19.3 Å². The maximum atomic E-state index is 5.75. The highest BCUT2D eigenvalue weighted by atomic mass is 16.5. The van der Waals surface area contributed by atoms with Crippen LogP contribution in [-0.4, -0.2) is 39.0 Å². The van der Waals surface area contributed by atoms with Crippen molar-refractivity contribution in [2.75, 3.05) is 32.9 Å². The Labute approximate surface area is 87.2 Å². The lowest BCUT2D eigenvalue weighted by atomic mass is 9.97. The number of piperidine rings is 1. The molecule has 1 aliphatic rings. The van der Waals surface area contributed by atoms with Gasteiger partial charge in [0, 0.05) is 13.2 Å². The molecule has 0 spiro atoms. The monoisotopic (exact) mass is 201 g/mol. The Morgan fingerprint density at radius 2 is 2.14 bits per heavy atom. The van der Waals surface area contributed by atoms with E-state index < -0.39 is 0 Å². The number of hydrogen-bond acceptors (Lipinski definition) is 3. The van der Waals surface area contributed by atoms with E-state index in [1.165, 1.54) is 6.42 Å². The summed E-state index contributed by atoms with van der Waals surface area (Å²) in [5.74, 6) is 0.683. The smallest absolute Gasteiger partial charge is 0.0726 e. The molecule has 1 rings (SSSR count). The lowest BCUT2D eigenvalue weighted by Gasteiger charge is -2.29. The van der Waals surface area contributed by atoms with E-state index in [0.717, 1.165) is 39.3 Å². The van der Waals surface area contributed by atoms with E-state index >= 15 is 0 Å². The number of rotatable bonds is 6. The highest BCUT2D eigenvalue weighted by Gasteiger charge is 2.20. The molecular weight excluding hydrogens is 178 g/mol. The molecule has 3 heteroatoms. The highest BCUT2D eigenvalue weighted by Crippen LogP contribution is 2.14. The van der Waals surface area contributed by atoms with Crippen LogP contribution in [0.15, 0.2) is 0 Å². The van der Waals surface area contributed by atoms with Crippen LogP contribution >= 0.6 is 0 Å². The van der Waals surface area contributed by atoms with Crippen molar-refractivity contribution in [3.63, 3.8) is 0 Å². The van der Waals surface area contributed by atoms with E-state index in [2.05, 4.69) is 19.2 Å². The molecule has 0 aromatic heterocycles. The Kier molecular flexibility index (Phi) is 6.15.